The van der Waals surface area contributed by atoms with Crippen LogP contribution in [0, 0.1) is 0 Å². The predicted molar refractivity (Wildman–Crippen MR) is 81.0 cm³/mol. The van der Waals surface area contributed by atoms with E-state index in [1.54, 1.807) is 0 Å². The summed E-state index contributed by atoms with van der Waals surface area (Å²) in [6.45, 7) is 0. The number of alkyl halides is 1. The average molecular weight is 375 g/mol. The van der Waals surface area contributed by atoms with Crippen LogP contribution in [0.25, 0.3) is 0 Å². The zero-order valence-electron chi connectivity index (χ0n) is 10.2. The molecule has 4 heteroatoms. The Morgan fingerprint density at radius 3 is 2.56 bits per heavy atom. The van der Waals surface area contributed by atoms with Gasteiger partial charge in [-0.2, -0.15) is 0 Å². The van der Waals surface area contributed by atoms with Gasteiger partial charge in [0.1, 0.15) is 0 Å². The molecule has 0 bridgehead atoms. The van der Waals surface area contributed by atoms with Crippen molar-refractivity contribution < 1.29 is 4.79 Å². The van der Waals surface area contributed by atoms with Gasteiger partial charge in [-0.15, -0.1) is 0 Å². The fraction of sp³-hybridized carbons (Fsp3) is 0.500. The van der Waals surface area contributed by atoms with Crippen molar-refractivity contribution in [3.05, 3.63) is 34.3 Å². The van der Waals surface area contributed by atoms with Gasteiger partial charge in [0.2, 0.25) is 5.91 Å². The molecule has 1 aliphatic carbocycles. The van der Waals surface area contributed by atoms with Gasteiger partial charge < -0.3 is 5.32 Å². The first kappa shape index (κ1) is 14.1. The Morgan fingerprint density at radius 2 is 1.89 bits per heavy atom. The number of amides is 1. The topological polar surface area (TPSA) is 29.1 Å². The Labute approximate surface area is 125 Å². The standard InChI is InChI=1S/C14H17Br2NO/c15-11-7-5-10(6-8-11)9-14(18)17-13-4-2-1-3-12(13)16/h5-8,12-13H,1-4,9H2,(H,17,18). The summed E-state index contributed by atoms with van der Waals surface area (Å²) in [5.41, 5.74) is 1.05. The summed E-state index contributed by atoms with van der Waals surface area (Å²) in [4.78, 5) is 12.4. The summed E-state index contributed by atoms with van der Waals surface area (Å²) in [7, 11) is 0. The molecule has 1 fully saturated rings. The largest absolute Gasteiger partial charge is 0.352 e. The molecule has 0 aromatic heterocycles. The molecule has 1 amide bonds. The minimum Gasteiger partial charge on any atom is -0.352 e. The summed E-state index contributed by atoms with van der Waals surface area (Å²) in [6, 6.07) is 8.20. The molecule has 18 heavy (non-hydrogen) atoms. The third kappa shape index (κ3) is 4.09. The Morgan fingerprint density at radius 1 is 1.22 bits per heavy atom. The Balaban J connectivity index is 1.86. The van der Waals surface area contributed by atoms with Crippen molar-refractivity contribution in [2.24, 2.45) is 0 Å². The highest BCUT2D eigenvalue weighted by molar-refractivity contribution is 9.10. The Kier molecular flexibility index (Phi) is 5.25. The van der Waals surface area contributed by atoms with E-state index in [1.165, 1.54) is 12.8 Å². The lowest BCUT2D eigenvalue weighted by Gasteiger charge is -2.28. The molecular formula is C14H17Br2NO. The fourth-order valence-corrected chi connectivity index (χ4v) is 3.28. The average Bonchev–Trinajstić information content (AvgIpc) is 2.35. The zero-order chi connectivity index (χ0) is 13.0. The number of carbonyl (C=O) groups excluding carboxylic acids is 1. The van der Waals surface area contributed by atoms with Gasteiger partial charge in [-0.1, -0.05) is 56.8 Å². The van der Waals surface area contributed by atoms with Crippen molar-refractivity contribution in [3.63, 3.8) is 0 Å². The third-order valence-electron chi connectivity index (χ3n) is 3.31. The summed E-state index contributed by atoms with van der Waals surface area (Å²) in [5.74, 6) is 0.119. The lowest BCUT2D eigenvalue weighted by atomic mass is 9.95. The van der Waals surface area contributed by atoms with Crippen molar-refractivity contribution in [2.75, 3.05) is 0 Å². The second kappa shape index (κ2) is 6.71. The third-order valence-corrected chi connectivity index (χ3v) is 4.93. The van der Waals surface area contributed by atoms with Gasteiger partial charge in [-0.3, -0.25) is 4.79 Å². The maximum absolute atomic E-state index is 12.0. The molecule has 1 N–H and O–H groups in total. The maximum Gasteiger partial charge on any atom is 0.224 e. The second-order valence-corrected chi connectivity index (χ2v) is 6.87. The molecule has 0 spiro atoms. The number of halogens is 2. The van der Waals surface area contributed by atoms with Gasteiger partial charge in [-0.25, -0.2) is 0 Å². The minimum absolute atomic E-state index is 0.119. The minimum atomic E-state index is 0.119. The van der Waals surface area contributed by atoms with E-state index >= 15 is 0 Å². The van der Waals surface area contributed by atoms with Crippen LogP contribution in [-0.4, -0.2) is 16.8 Å². The van der Waals surface area contributed by atoms with E-state index in [0.717, 1.165) is 22.9 Å². The molecule has 0 heterocycles. The SMILES string of the molecule is O=C(Cc1ccc(Br)cc1)NC1CCCCC1Br. The second-order valence-electron chi connectivity index (χ2n) is 4.78. The van der Waals surface area contributed by atoms with Gasteiger partial charge in [0.05, 0.1) is 6.42 Å². The number of benzene rings is 1. The van der Waals surface area contributed by atoms with Crippen LogP contribution in [0.1, 0.15) is 31.2 Å². The lowest BCUT2D eigenvalue weighted by molar-refractivity contribution is -0.121. The lowest BCUT2D eigenvalue weighted by Crippen LogP contribution is -2.43. The van der Waals surface area contributed by atoms with Crippen molar-refractivity contribution >= 4 is 37.8 Å². The van der Waals surface area contributed by atoms with E-state index in [0.29, 0.717) is 17.3 Å². The van der Waals surface area contributed by atoms with Crippen molar-refractivity contribution in [1.82, 2.24) is 5.32 Å². The van der Waals surface area contributed by atoms with E-state index in [4.69, 9.17) is 0 Å². The quantitative estimate of drug-likeness (QED) is 0.800. The summed E-state index contributed by atoms with van der Waals surface area (Å²) >= 11 is 7.05. The molecule has 2 nitrogen and oxygen atoms in total. The highest BCUT2D eigenvalue weighted by atomic mass is 79.9. The molecule has 98 valence electrons. The van der Waals surface area contributed by atoms with Gasteiger partial charge in [0, 0.05) is 15.3 Å². The summed E-state index contributed by atoms with van der Waals surface area (Å²) < 4.78 is 1.04. The van der Waals surface area contributed by atoms with Crippen LogP contribution in [-0.2, 0) is 11.2 Å². The molecule has 2 unspecified atom stereocenters. The van der Waals surface area contributed by atoms with Crippen LogP contribution in [0.2, 0.25) is 0 Å². The first-order valence-corrected chi connectivity index (χ1v) is 8.04. The van der Waals surface area contributed by atoms with E-state index in [-0.39, 0.29) is 5.91 Å². The van der Waals surface area contributed by atoms with Crippen molar-refractivity contribution in [2.45, 2.75) is 43.0 Å². The first-order valence-electron chi connectivity index (χ1n) is 6.33. The number of rotatable bonds is 3. The van der Waals surface area contributed by atoms with E-state index in [1.807, 2.05) is 24.3 Å². The Hall–Kier alpha value is -0.350. The molecule has 1 saturated carbocycles. The molecule has 1 aromatic rings. The zero-order valence-corrected chi connectivity index (χ0v) is 13.3. The summed E-state index contributed by atoms with van der Waals surface area (Å²) in [5, 5.41) is 3.13. The number of hydrogen-bond donors (Lipinski definition) is 1. The molecule has 0 aliphatic heterocycles. The van der Waals surface area contributed by atoms with Crippen LogP contribution < -0.4 is 5.32 Å². The van der Waals surface area contributed by atoms with E-state index in [2.05, 4.69) is 37.2 Å². The first-order chi connectivity index (χ1) is 8.65. The highest BCUT2D eigenvalue weighted by Gasteiger charge is 2.23. The van der Waals surface area contributed by atoms with Gasteiger partial charge in [0.25, 0.3) is 0 Å². The van der Waals surface area contributed by atoms with Gasteiger partial charge in [-0.05, 0) is 30.5 Å². The van der Waals surface area contributed by atoms with Gasteiger partial charge >= 0.3 is 0 Å². The molecule has 0 radical (unpaired) electrons. The van der Waals surface area contributed by atoms with E-state index < -0.39 is 0 Å². The number of hydrogen-bond acceptors (Lipinski definition) is 1. The van der Waals surface area contributed by atoms with Crippen LogP contribution in [0.5, 0.6) is 0 Å². The highest BCUT2D eigenvalue weighted by Crippen LogP contribution is 2.24. The van der Waals surface area contributed by atoms with E-state index in [9.17, 15) is 4.79 Å². The van der Waals surface area contributed by atoms with Crippen LogP contribution in [0.15, 0.2) is 28.7 Å². The van der Waals surface area contributed by atoms with Gasteiger partial charge in [0.15, 0.2) is 0 Å². The predicted octanol–water partition coefficient (Wildman–Crippen LogP) is 3.81. The number of nitrogens with one attached hydrogen (secondary N) is 1. The molecule has 0 saturated heterocycles. The van der Waals surface area contributed by atoms with Crippen molar-refractivity contribution in [1.29, 1.82) is 0 Å². The maximum atomic E-state index is 12.0. The van der Waals surface area contributed by atoms with Crippen LogP contribution in [0.4, 0.5) is 0 Å². The van der Waals surface area contributed by atoms with Crippen LogP contribution in [0.3, 0.4) is 0 Å². The summed E-state index contributed by atoms with van der Waals surface area (Å²) in [6.07, 6.45) is 5.18. The Bertz CT molecular complexity index is 405. The molecule has 1 aliphatic rings. The normalized spacial score (nSPS) is 23.7. The van der Waals surface area contributed by atoms with Crippen molar-refractivity contribution in [3.8, 4) is 0 Å². The molecular weight excluding hydrogens is 358 g/mol. The molecule has 1 aromatic carbocycles. The smallest absolute Gasteiger partial charge is 0.224 e. The number of carbonyl (C=O) groups is 1. The van der Waals surface area contributed by atoms with Crippen LogP contribution >= 0.6 is 31.9 Å². The monoisotopic (exact) mass is 373 g/mol. The molecule has 2 atom stereocenters. The fourth-order valence-electron chi connectivity index (χ4n) is 2.29. The molecule has 2 rings (SSSR count).